The minimum absolute atomic E-state index is 0.0668. The number of nitrogens with one attached hydrogen (secondary N) is 1. The highest BCUT2D eigenvalue weighted by Gasteiger charge is 1.80. The summed E-state index contributed by atoms with van der Waals surface area (Å²) in [6, 6.07) is 0. The molecule has 0 heterocycles. The minimum Gasteiger partial charge on any atom is -0.395 e. The Bertz CT molecular complexity index is 89.8. The van der Waals surface area contributed by atoms with Gasteiger partial charge in [-0.3, -0.25) is 0 Å². The second kappa shape index (κ2) is 12.3. The molecular weight excluding hydrogens is 166 g/mol. The average Bonchev–Trinajstić information content (AvgIpc) is 2.01. The Balaban J connectivity index is 0. The summed E-state index contributed by atoms with van der Waals surface area (Å²) in [6.07, 6.45) is 0. The van der Waals surface area contributed by atoms with Gasteiger partial charge in [0.25, 0.3) is 0 Å². The van der Waals surface area contributed by atoms with E-state index in [0.717, 1.165) is 0 Å². The summed E-state index contributed by atoms with van der Waals surface area (Å²) in [5, 5.41) is 18.7. The molecule has 0 unspecified atom stereocenters. The van der Waals surface area contributed by atoms with Crippen molar-refractivity contribution < 1.29 is 10.2 Å². The van der Waals surface area contributed by atoms with Crippen molar-refractivity contribution in [2.45, 2.75) is 0 Å². The third-order valence-electron chi connectivity index (χ3n) is 0.540. The summed E-state index contributed by atoms with van der Waals surface area (Å²) >= 11 is 4.42. The van der Waals surface area contributed by atoms with E-state index in [9.17, 15) is 0 Å². The first-order valence-corrected chi connectivity index (χ1v) is 3.55. The van der Waals surface area contributed by atoms with Crippen LogP contribution in [0.5, 0.6) is 0 Å². The van der Waals surface area contributed by atoms with E-state index in [0.29, 0.717) is 13.1 Å². The Morgan fingerprint density at radius 1 is 1.36 bits per heavy atom. The van der Waals surface area contributed by atoms with E-state index in [2.05, 4.69) is 17.5 Å². The molecule has 0 aliphatic heterocycles. The summed E-state index contributed by atoms with van der Waals surface area (Å²) in [6.45, 7) is 0.979. The van der Waals surface area contributed by atoms with Gasteiger partial charge in [-0.1, -0.05) is 0 Å². The van der Waals surface area contributed by atoms with E-state index in [1.807, 2.05) is 0 Å². The lowest BCUT2D eigenvalue weighted by Gasteiger charge is -1.96. The van der Waals surface area contributed by atoms with Gasteiger partial charge in [-0.05, 0) is 12.2 Å². The molecule has 0 aliphatic rings. The highest BCUT2D eigenvalue weighted by molar-refractivity contribution is 7.80. The zero-order valence-corrected chi connectivity index (χ0v) is 7.10. The molecule has 0 aromatic carbocycles. The lowest BCUT2D eigenvalue weighted by Crippen LogP contribution is -2.31. The van der Waals surface area contributed by atoms with Crippen LogP contribution in [0.2, 0.25) is 0 Å². The second-order valence-electron chi connectivity index (χ2n) is 1.53. The Labute approximate surface area is 71.4 Å². The van der Waals surface area contributed by atoms with Crippen molar-refractivity contribution in [2.24, 2.45) is 11.5 Å². The van der Waals surface area contributed by atoms with Gasteiger partial charge in [0.2, 0.25) is 0 Å². The molecule has 0 amide bonds. The molecule has 0 bridgehead atoms. The van der Waals surface area contributed by atoms with E-state index in [1.165, 1.54) is 0 Å². The van der Waals surface area contributed by atoms with Gasteiger partial charge in [-0.15, -0.1) is 0 Å². The van der Waals surface area contributed by atoms with Crippen LogP contribution in [0.25, 0.3) is 0 Å². The number of hydrogen-bond acceptors (Lipinski definition) is 4. The van der Waals surface area contributed by atoms with E-state index >= 15 is 0 Å². The van der Waals surface area contributed by atoms with Gasteiger partial charge < -0.3 is 27.0 Å². The number of aliphatic hydroxyl groups is 2. The van der Waals surface area contributed by atoms with Crippen LogP contribution >= 0.6 is 12.2 Å². The van der Waals surface area contributed by atoms with Crippen molar-refractivity contribution in [3.05, 3.63) is 0 Å². The molecule has 0 fully saturated rings. The van der Waals surface area contributed by atoms with Crippen molar-refractivity contribution >= 4 is 17.3 Å². The summed E-state index contributed by atoms with van der Waals surface area (Å²) in [5.74, 6) is 0. The Morgan fingerprint density at radius 2 is 1.82 bits per heavy atom. The van der Waals surface area contributed by atoms with E-state index < -0.39 is 0 Å². The van der Waals surface area contributed by atoms with E-state index in [4.69, 9.17) is 21.7 Å². The number of hydrogen-bond donors (Lipinski definition) is 5. The van der Waals surface area contributed by atoms with Gasteiger partial charge in [0.05, 0.1) is 13.2 Å². The van der Waals surface area contributed by atoms with Crippen LogP contribution in [0.1, 0.15) is 0 Å². The third kappa shape index (κ3) is 26.3. The summed E-state index contributed by atoms with van der Waals surface area (Å²) in [4.78, 5) is 0. The van der Waals surface area contributed by atoms with Crippen molar-refractivity contribution in [1.82, 2.24) is 5.32 Å². The predicted octanol–water partition coefficient (Wildman–Crippen LogP) is -2.25. The monoisotopic (exact) mass is 181 g/mol. The van der Waals surface area contributed by atoms with Gasteiger partial charge >= 0.3 is 0 Å². The number of aliphatic hydroxyl groups excluding tert-OH is 2. The molecule has 7 N–H and O–H groups in total. The molecule has 0 atom stereocenters. The van der Waals surface area contributed by atoms with Crippen molar-refractivity contribution in [3.8, 4) is 0 Å². The molecular formula is C5H15N3O2S. The van der Waals surface area contributed by atoms with Gasteiger partial charge in [0, 0.05) is 13.1 Å². The van der Waals surface area contributed by atoms with Gasteiger partial charge in [0.15, 0.2) is 5.11 Å². The number of rotatable bonds is 3. The van der Waals surface area contributed by atoms with Crippen LogP contribution in [-0.2, 0) is 0 Å². The summed E-state index contributed by atoms with van der Waals surface area (Å²) < 4.78 is 0. The molecule has 0 radical (unpaired) electrons. The topological polar surface area (TPSA) is 105 Å². The fraction of sp³-hybridized carbons (Fsp3) is 0.800. The SMILES string of the molecule is NC(=S)NCCO.NCCO. The van der Waals surface area contributed by atoms with Gasteiger partial charge in [-0.25, -0.2) is 0 Å². The molecule has 0 aliphatic carbocycles. The van der Waals surface area contributed by atoms with Crippen LogP contribution in [0.3, 0.4) is 0 Å². The Kier molecular flexibility index (Phi) is 14.7. The van der Waals surface area contributed by atoms with Crippen LogP contribution in [0.15, 0.2) is 0 Å². The Morgan fingerprint density at radius 3 is 1.91 bits per heavy atom. The second-order valence-corrected chi connectivity index (χ2v) is 1.97. The van der Waals surface area contributed by atoms with Gasteiger partial charge in [-0.2, -0.15) is 0 Å². The molecule has 0 saturated carbocycles. The lowest BCUT2D eigenvalue weighted by atomic mass is 10.7. The van der Waals surface area contributed by atoms with Crippen molar-refractivity contribution in [1.29, 1.82) is 0 Å². The minimum atomic E-state index is 0.0668. The first kappa shape index (κ1) is 13.2. The largest absolute Gasteiger partial charge is 0.395 e. The zero-order chi connectivity index (χ0) is 9.11. The molecule has 5 nitrogen and oxygen atoms in total. The molecule has 0 rings (SSSR count). The molecule has 0 saturated heterocycles. The molecule has 6 heteroatoms. The maximum atomic E-state index is 8.14. The maximum absolute atomic E-state index is 8.14. The van der Waals surface area contributed by atoms with Crippen LogP contribution in [0, 0.1) is 0 Å². The Hall–Kier alpha value is -0.430. The van der Waals surface area contributed by atoms with Crippen LogP contribution < -0.4 is 16.8 Å². The normalized spacial score (nSPS) is 7.91. The first-order valence-electron chi connectivity index (χ1n) is 3.14. The van der Waals surface area contributed by atoms with Crippen molar-refractivity contribution in [3.63, 3.8) is 0 Å². The smallest absolute Gasteiger partial charge is 0.163 e. The van der Waals surface area contributed by atoms with E-state index in [1.54, 1.807) is 0 Å². The first-order chi connectivity index (χ1) is 5.18. The highest BCUT2D eigenvalue weighted by atomic mass is 32.1. The summed E-state index contributed by atoms with van der Waals surface area (Å²) in [7, 11) is 0. The fourth-order valence-electron chi connectivity index (χ4n) is 0.179. The predicted molar refractivity (Wildman–Crippen MR) is 48.0 cm³/mol. The van der Waals surface area contributed by atoms with Crippen LogP contribution in [-0.4, -0.2) is 41.6 Å². The molecule has 0 aromatic rings. The molecule has 0 aromatic heterocycles. The lowest BCUT2D eigenvalue weighted by molar-refractivity contribution is 0.300. The highest BCUT2D eigenvalue weighted by Crippen LogP contribution is 1.54. The molecule has 11 heavy (non-hydrogen) atoms. The third-order valence-corrected chi connectivity index (χ3v) is 0.684. The summed E-state index contributed by atoms with van der Waals surface area (Å²) in [5.41, 5.74) is 9.77. The quantitative estimate of drug-likeness (QED) is 0.315. The van der Waals surface area contributed by atoms with Crippen molar-refractivity contribution in [2.75, 3.05) is 26.3 Å². The van der Waals surface area contributed by atoms with Crippen LogP contribution in [0.4, 0.5) is 0 Å². The molecule has 0 spiro atoms. The maximum Gasteiger partial charge on any atom is 0.163 e. The standard InChI is InChI=1S/C3H8N2OS.C2H7NO/c4-3(7)5-1-2-6;3-1-2-4/h6H,1-2H2,(H3,4,5,7);4H,1-3H2. The average molecular weight is 181 g/mol. The van der Waals surface area contributed by atoms with Gasteiger partial charge in [0.1, 0.15) is 0 Å². The molecule has 68 valence electrons. The number of thiocarbonyl (C=S) groups is 1. The van der Waals surface area contributed by atoms with E-state index in [-0.39, 0.29) is 18.3 Å². The zero-order valence-electron chi connectivity index (χ0n) is 6.29. The number of nitrogens with two attached hydrogens (primary N) is 2. The fourth-order valence-corrected chi connectivity index (χ4v) is 0.281.